The highest BCUT2D eigenvalue weighted by molar-refractivity contribution is 6.00. The van der Waals surface area contributed by atoms with Gasteiger partial charge in [0.1, 0.15) is 6.73 Å². The van der Waals surface area contributed by atoms with Crippen molar-refractivity contribution in [3.8, 4) is 11.8 Å². The first kappa shape index (κ1) is 31.7. The van der Waals surface area contributed by atoms with Crippen molar-refractivity contribution in [3.63, 3.8) is 0 Å². The molecule has 17 heteroatoms. The fourth-order valence-corrected chi connectivity index (χ4v) is 2.61. The van der Waals surface area contributed by atoms with Crippen LogP contribution < -0.4 is 19.7 Å². The van der Waals surface area contributed by atoms with Crippen LogP contribution in [-0.4, -0.2) is 54.9 Å². The lowest BCUT2D eigenvalue weighted by Gasteiger charge is -2.25. The van der Waals surface area contributed by atoms with Gasteiger partial charge in [-0.3, -0.25) is 10.2 Å². The van der Waals surface area contributed by atoms with E-state index in [1.165, 1.54) is 0 Å². The van der Waals surface area contributed by atoms with Gasteiger partial charge in [0, 0.05) is 5.69 Å². The molecule has 0 aliphatic heterocycles. The third kappa shape index (κ3) is 11.8. The molecular weight excluding hydrogens is 555 g/mol. The Morgan fingerprint density at radius 3 is 1.72 bits per heavy atom. The number of alkyl halides is 9. The zero-order valence-electron chi connectivity index (χ0n) is 20.6. The SMILES string of the molecule is CC(C)(C)COCN(C(=O)Nc1nc(OCC(F)(F)F)cc(OCC(F)(F)F)n1)c1ccc(C(F)(F)F)cc1. The van der Waals surface area contributed by atoms with Crippen LogP contribution in [0, 0.1) is 5.41 Å². The fraction of sp³-hybridized carbons (Fsp3) is 0.500. The molecule has 2 amide bonds. The lowest BCUT2D eigenvalue weighted by Crippen LogP contribution is -2.38. The van der Waals surface area contributed by atoms with Crippen LogP contribution in [0.25, 0.3) is 0 Å². The summed E-state index contributed by atoms with van der Waals surface area (Å²) in [6.07, 6.45) is -14.3. The van der Waals surface area contributed by atoms with E-state index >= 15 is 0 Å². The van der Waals surface area contributed by atoms with Gasteiger partial charge >= 0.3 is 24.6 Å². The van der Waals surface area contributed by atoms with Crippen LogP contribution in [0.1, 0.15) is 26.3 Å². The van der Waals surface area contributed by atoms with E-state index in [0.29, 0.717) is 18.2 Å². The Morgan fingerprint density at radius 1 is 0.821 bits per heavy atom. The van der Waals surface area contributed by atoms with Crippen LogP contribution in [-0.2, 0) is 10.9 Å². The predicted molar refractivity (Wildman–Crippen MR) is 118 cm³/mol. The Kier molecular flexibility index (Phi) is 9.86. The molecule has 2 rings (SSSR count). The van der Waals surface area contributed by atoms with E-state index in [4.69, 9.17) is 4.74 Å². The van der Waals surface area contributed by atoms with Crippen molar-refractivity contribution in [1.82, 2.24) is 9.97 Å². The third-order valence-corrected chi connectivity index (χ3v) is 4.17. The molecule has 0 aliphatic carbocycles. The van der Waals surface area contributed by atoms with Crippen molar-refractivity contribution < 1.29 is 58.5 Å². The monoisotopic (exact) mass is 578 g/mol. The summed E-state index contributed by atoms with van der Waals surface area (Å²) in [6, 6.07) is 2.73. The molecule has 0 bridgehead atoms. The number of carbonyl (C=O) groups excluding carboxylic acids is 1. The second kappa shape index (κ2) is 12.1. The van der Waals surface area contributed by atoms with Gasteiger partial charge in [0.15, 0.2) is 13.2 Å². The third-order valence-electron chi connectivity index (χ3n) is 4.17. The van der Waals surface area contributed by atoms with E-state index in [0.717, 1.165) is 17.0 Å². The molecule has 0 spiro atoms. The van der Waals surface area contributed by atoms with Gasteiger partial charge in [-0.15, -0.1) is 0 Å². The van der Waals surface area contributed by atoms with Crippen LogP contribution >= 0.6 is 0 Å². The van der Waals surface area contributed by atoms with Crippen LogP contribution in [0.15, 0.2) is 30.3 Å². The molecule has 1 N–H and O–H groups in total. The number of nitrogens with zero attached hydrogens (tertiary/aromatic N) is 3. The van der Waals surface area contributed by atoms with Crippen LogP contribution in [0.5, 0.6) is 11.8 Å². The van der Waals surface area contributed by atoms with E-state index < -0.39 is 67.8 Å². The number of hydrogen-bond donors (Lipinski definition) is 1. The highest BCUT2D eigenvalue weighted by Gasteiger charge is 2.32. The van der Waals surface area contributed by atoms with Gasteiger partial charge in [0.05, 0.1) is 18.2 Å². The summed E-state index contributed by atoms with van der Waals surface area (Å²) < 4.78 is 128. The Hall–Kier alpha value is -3.50. The van der Waals surface area contributed by atoms with Crippen LogP contribution in [0.3, 0.4) is 0 Å². The Balaban J connectivity index is 2.35. The van der Waals surface area contributed by atoms with Crippen LogP contribution in [0.4, 0.5) is 55.9 Å². The minimum atomic E-state index is -4.83. The molecule has 0 atom stereocenters. The van der Waals surface area contributed by atoms with Crippen molar-refractivity contribution >= 4 is 17.7 Å². The first-order valence-corrected chi connectivity index (χ1v) is 10.8. The molecular formula is C22H23F9N4O4. The molecule has 39 heavy (non-hydrogen) atoms. The topological polar surface area (TPSA) is 85.8 Å². The predicted octanol–water partition coefficient (Wildman–Crippen LogP) is 6.44. The quantitative estimate of drug-likeness (QED) is 0.273. The molecule has 0 unspecified atom stereocenters. The number of anilines is 2. The number of nitrogens with one attached hydrogen (secondary N) is 1. The van der Waals surface area contributed by atoms with Crippen molar-refractivity contribution in [1.29, 1.82) is 0 Å². The fourth-order valence-electron chi connectivity index (χ4n) is 2.61. The molecule has 0 radical (unpaired) electrons. The van der Waals surface area contributed by atoms with E-state index in [2.05, 4.69) is 19.4 Å². The number of amides is 2. The average Bonchev–Trinajstić information content (AvgIpc) is 2.77. The van der Waals surface area contributed by atoms with Gasteiger partial charge in [-0.2, -0.15) is 49.5 Å². The second-order valence-electron chi connectivity index (χ2n) is 9.12. The summed E-state index contributed by atoms with van der Waals surface area (Å²) in [5, 5.41) is 2.05. The number of rotatable bonds is 9. The zero-order valence-corrected chi connectivity index (χ0v) is 20.6. The van der Waals surface area contributed by atoms with E-state index in [1.807, 2.05) is 5.32 Å². The first-order valence-electron chi connectivity index (χ1n) is 10.8. The summed E-state index contributed by atoms with van der Waals surface area (Å²) in [6.45, 7) is 1.28. The lowest BCUT2D eigenvalue weighted by atomic mass is 9.99. The number of aromatic nitrogens is 2. The molecule has 2 aromatic rings. The smallest absolute Gasteiger partial charge is 0.422 e. The van der Waals surface area contributed by atoms with Crippen molar-refractivity contribution in [2.75, 3.05) is 36.8 Å². The maximum absolute atomic E-state index is 13.0. The van der Waals surface area contributed by atoms with Gasteiger partial charge in [-0.25, -0.2) is 4.79 Å². The van der Waals surface area contributed by atoms with Crippen LogP contribution in [0.2, 0.25) is 0 Å². The largest absolute Gasteiger partial charge is 0.468 e. The molecule has 1 aromatic carbocycles. The van der Waals surface area contributed by atoms with Gasteiger partial charge in [0.2, 0.25) is 17.7 Å². The first-order chi connectivity index (χ1) is 17.7. The number of hydrogen-bond acceptors (Lipinski definition) is 6. The Bertz CT molecular complexity index is 1060. The standard InChI is InChI=1S/C22H23F9N4O4/c1-19(2,3)9-37-12-35(14-6-4-13(5-7-14)22(29,30)31)18(36)34-17-32-15(38-10-20(23,24)25)8-16(33-17)39-11-21(26,27)28/h4-8H,9-12H2,1-3H3,(H,32,33,34,36). The van der Waals surface area contributed by atoms with Gasteiger partial charge in [0.25, 0.3) is 0 Å². The number of halogens is 9. The molecule has 1 aromatic heterocycles. The molecule has 0 aliphatic rings. The number of urea groups is 1. The van der Waals surface area contributed by atoms with Crippen molar-refractivity contribution in [2.24, 2.45) is 5.41 Å². The minimum absolute atomic E-state index is 0.0903. The summed E-state index contributed by atoms with van der Waals surface area (Å²) in [5.41, 5.74) is -1.47. The number of carbonyl (C=O) groups is 1. The molecule has 8 nitrogen and oxygen atoms in total. The van der Waals surface area contributed by atoms with Gasteiger partial charge < -0.3 is 14.2 Å². The molecule has 1 heterocycles. The summed E-state index contributed by atoms with van der Waals surface area (Å²) in [7, 11) is 0. The highest BCUT2D eigenvalue weighted by Crippen LogP contribution is 2.31. The molecule has 0 saturated heterocycles. The van der Waals surface area contributed by atoms with Gasteiger partial charge in [-0.05, 0) is 29.7 Å². The molecule has 0 fully saturated rings. The number of ether oxygens (including phenoxy) is 3. The minimum Gasteiger partial charge on any atom is -0.468 e. The summed E-state index contributed by atoms with van der Waals surface area (Å²) >= 11 is 0. The van der Waals surface area contributed by atoms with E-state index in [1.54, 1.807) is 20.8 Å². The molecule has 0 saturated carbocycles. The van der Waals surface area contributed by atoms with Crippen molar-refractivity contribution in [3.05, 3.63) is 35.9 Å². The van der Waals surface area contributed by atoms with E-state index in [9.17, 15) is 44.3 Å². The lowest BCUT2D eigenvalue weighted by molar-refractivity contribution is -0.154. The zero-order chi connectivity index (χ0) is 29.6. The molecule has 218 valence electrons. The highest BCUT2D eigenvalue weighted by atomic mass is 19.4. The Morgan fingerprint density at radius 2 is 1.31 bits per heavy atom. The number of benzene rings is 1. The summed E-state index contributed by atoms with van der Waals surface area (Å²) in [5.74, 6) is -2.57. The second-order valence-corrected chi connectivity index (χ2v) is 9.12. The van der Waals surface area contributed by atoms with Gasteiger partial charge in [-0.1, -0.05) is 20.8 Å². The summed E-state index contributed by atoms with van der Waals surface area (Å²) in [4.78, 5) is 20.9. The van der Waals surface area contributed by atoms with Crippen molar-refractivity contribution in [2.45, 2.75) is 39.3 Å². The van der Waals surface area contributed by atoms with E-state index in [-0.39, 0.29) is 17.7 Å². The maximum atomic E-state index is 13.0. The average molecular weight is 578 g/mol. The normalized spacial score (nSPS) is 12.7. The Labute approximate surface area is 216 Å². The maximum Gasteiger partial charge on any atom is 0.422 e.